The fourth-order valence-electron chi connectivity index (χ4n) is 5.47. The van der Waals surface area contributed by atoms with Gasteiger partial charge in [0.05, 0.1) is 16.0 Å². The molecule has 1 aromatic carbocycles. The second-order valence-electron chi connectivity index (χ2n) is 10.9. The summed E-state index contributed by atoms with van der Waals surface area (Å²) in [6.07, 6.45) is 2.23. The third-order valence-corrected chi connectivity index (χ3v) is 8.05. The van der Waals surface area contributed by atoms with Crippen molar-refractivity contribution < 1.29 is 19.1 Å². The summed E-state index contributed by atoms with van der Waals surface area (Å²) in [7, 11) is 2.06. The third kappa shape index (κ3) is 5.08. The zero-order valence-corrected chi connectivity index (χ0v) is 24.3. The van der Waals surface area contributed by atoms with Crippen LogP contribution in [-0.2, 0) is 16.0 Å². The Morgan fingerprint density at radius 1 is 1.22 bits per heavy atom. The quantitative estimate of drug-likeness (QED) is 0.561. The molecular weight excluding hydrogens is 536 g/mol. The van der Waals surface area contributed by atoms with E-state index in [4.69, 9.17) is 4.74 Å². The molecule has 0 radical (unpaired) electrons. The lowest BCUT2D eigenvalue weighted by Crippen LogP contribution is -2.47. The Kier molecular flexibility index (Phi) is 7.59. The van der Waals surface area contributed by atoms with Crippen LogP contribution in [0.5, 0.6) is 0 Å². The Morgan fingerprint density at radius 3 is 2.51 bits per heavy atom. The summed E-state index contributed by atoms with van der Waals surface area (Å²) in [5, 5.41) is 3.68. The van der Waals surface area contributed by atoms with E-state index in [1.807, 2.05) is 30.9 Å². The predicted molar refractivity (Wildman–Crippen MR) is 149 cm³/mol. The van der Waals surface area contributed by atoms with Crippen molar-refractivity contribution in [2.45, 2.75) is 65.6 Å². The highest BCUT2D eigenvalue weighted by Gasteiger charge is 2.39. The maximum absolute atomic E-state index is 13.6. The van der Waals surface area contributed by atoms with Gasteiger partial charge in [-0.3, -0.25) is 19.1 Å². The molecule has 0 saturated carbocycles. The van der Waals surface area contributed by atoms with Crippen LogP contribution in [0.4, 0.5) is 4.79 Å². The van der Waals surface area contributed by atoms with Crippen molar-refractivity contribution in [3.8, 4) is 0 Å². The predicted octanol–water partition coefficient (Wildman–Crippen LogP) is 4.70. The normalized spacial score (nSPS) is 20.2. The molecule has 3 atom stereocenters. The first-order valence-corrected chi connectivity index (χ1v) is 13.7. The first kappa shape index (κ1) is 27.4. The van der Waals surface area contributed by atoms with E-state index in [-0.39, 0.29) is 23.8 Å². The van der Waals surface area contributed by atoms with Gasteiger partial charge in [-0.25, -0.2) is 4.79 Å². The van der Waals surface area contributed by atoms with Gasteiger partial charge >= 0.3 is 6.09 Å². The second-order valence-corrected chi connectivity index (χ2v) is 11.7. The number of benzene rings is 1. The average Bonchev–Trinajstić information content (AvgIpc) is 3.10. The molecule has 2 aliphatic rings. The van der Waals surface area contributed by atoms with Crippen molar-refractivity contribution in [2.75, 3.05) is 26.7 Å². The molecule has 0 unspecified atom stereocenters. The number of amides is 2. The number of aromatic nitrogens is 1. The zero-order chi connectivity index (χ0) is 27.2. The van der Waals surface area contributed by atoms with Gasteiger partial charge < -0.3 is 15.0 Å². The van der Waals surface area contributed by atoms with Crippen molar-refractivity contribution in [1.29, 1.82) is 0 Å². The van der Waals surface area contributed by atoms with Crippen molar-refractivity contribution in [3.63, 3.8) is 0 Å². The van der Waals surface area contributed by atoms with E-state index in [1.54, 1.807) is 32.3 Å². The number of hydrogen-bond acceptors (Lipinski definition) is 5. The largest absolute Gasteiger partial charge is 0.444 e. The first-order valence-electron chi connectivity index (χ1n) is 12.9. The highest BCUT2D eigenvalue weighted by molar-refractivity contribution is 9.10. The lowest BCUT2D eigenvalue weighted by molar-refractivity contribution is -0.134. The van der Waals surface area contributed by atoms with Crippen LogP contribution in [-0.4, -0.2) is 76.6 Å². The van der Waals surface area contributed by atoms with Gasteiger partial charge in [-0.2, -0.15) is 0 Å². The molecule has 4 rings (SSSR count). The van der Waals surface area contributed by atoms with Crippen LogP contribution in [0, 0.1) is 5.92 Å². The number of ether oxygens (including phenoxy) is 1. The summed E-state index contributed by atoms with van der Waals surface area (Å²) in [6.45, 7) is 13.1. The van der Waals surface area contributed by atoms with E-state index in [1.165, 1.54) is 0 Å². The van der Waals surface area contributed by atoms with Crippen LogP contribution in [0.25, 0.3) is 16.5 Å². The first-order chi connectivity index (χ1) is 17.4. The van der Waals surface area contributed by atoms with Crippen molar-refractivity contribution in [2.24, 2.45) is 5.92 Å². The maximum Gasteiger partial charge on any atom is 0.408 e. The SMILES string of the molecule is CCN(CC)C(=O)[C@@H]1C=C2c3cccc4c3c(c(Br)n4C(=O)[C@@H](C)NC(=O)OC(C)(C)C)C[C@H]2N(C)C1. The van der Waals surface area contributed by atoms with Crippen molar-refractivity contribution in [1.82, 2.24) is 19.7 Å². The molecule has 0 spiro atoms. The summed E-state index contributed by atoms with van der Waals surface area (Å²) < 4.78 is 7.68. The highest BCUT2D eigenvalue weighted by Crippen LogP contribution is 2.45. The molecule has 37 heavy (non-hydrogen) atoms. The number of fused-ring (bicyclic) bond motifs is 2. The monoisotopic (exact) mass is 572 g/mol. The van der Waals surface area contributed by atoms with Crippen LogP contribution in [0.1, 0.15) is 57.5 Å². The molecule has 1 aliphatic carbocycles. The number of hydrogen-bond donors (Lipinski definition) is 1. The number of nitrogens with zero attached hydrogens (tertiary/aromatic N) is 3. The van der Waals surface area contributed by atoms with Gasteiger partial charge in [-0.15, -0.1) is 0 Å². The fourth-order valence-corrected chi connectivity index (χ4v) is 6.20. The zero-order valence-electron chi connectivity index (χ0n) is 22.7. The molecule has 1 aliphatic heterocycles. The van der Waals surface area contributed by atoms with Gasteiger partial charge in [0.1, 0.15) is 11.6 Å². The lowest BCUT2D eigenvalue weighted by Gasteiger charge is -2.40. The van der Waals surface area contributed by atoms with E-state index in [2.05, 4.69) is 45.3 Å². The third-order valence-electron chi connectivity index (χ3n) is 7.21. The van der Waals surface area contributed by atoms with Crippen molar-refractivity contribution >= 4 is 50.3 Å². The lowest BCUT2D eigenvalue weighted by atomic mass is 9.79. The minimum atomic E-state index is -0.792. The molecule has 0 bridgehead atoms. The Morgan fingerprint density at radius 2 is 1.89 bits per heavy atom. The molecule has 8 nitrogen and oxygen atoms in total. The summed E-state index contributed by atoms with van der Waals surface area (Å²) >= 11 is 3.72. The van der Waals surface area contributed by atoms with Gasteiger partial charge in [-0.1, -0.05) is 18.2 Å². The fraction of sp³-hybridized carbons (Fsp3) is 0.536. The van der Waals surface area contributed by atoms with Gasteiger partial charge in [0, 0.05) is 31.1 Å². The number of rotatable bonds is 5. The van der Waals surface area contributed by atoms with Crippen LogP contribution in [0.3, 0.4) is 0 Å². The van der Waals surface area contributed by atoms with Gasteiger partial charge in [-0.05, 0) is 93.7 Å². The number of halogens is 1. The Bertz CT molecular complexity index is 1270. The molecule has 1 N–H and O–H groups in total. The van der Waals surface area contributed by atoms with E-state index >= 15 is 0 Å². The van der Waals surface area contributed by atoms with Crippen molar-refractivity contribution in [3.05, 3.63) is 40.0 Å². The molecule has 0 fully saturated rings. The molecule has 200 valence electrons. The van der Waals surface area contributed by atoms with Gasteiger partial charge in [0.25, 0.3) is 5.91 Å². The number of nitrogens with one attached hydrogen (secondary N) is 1. The van der Waals surface area contributed by atoms with Crippen LogP contribution < -0.4 is 5.32 Å². The Hall–Kier alpha value is -2.65. The molecule has 2 heterocycles. The summed E-state index contributed by atoms with van der Waals surface area (Å²) in [4.78, 5) is 43.3. The summed E-state index contributed by atoms with van der Waals surface area (Å²) in [5.74, 6) is -0.317. The highest BCUT2D eigenvalue weighted by atomic mass is 79.9. The summed E-state index contributed by atoms with van der Waals surface area (Å²) in [6, 6.07) is 5.27. The molecular formula is C28H37BrN4O4. The number of likely N-dealkylation sites (N-methyl/N-ethyl adjacent to an activating group) is 1. The molecule has 2 aromatic rings. The Balaban J connectivity index is 1.74. The molecule has 1 aromatic heterocycles. The van der Waals surface area contributed by atoms with E-state index in [0.29, 0.717) is 24.2 Å². The van der Waals surface area contributed by atoms with Gasteiger partial charge in [0.15, 0.2) is 0 Å². The standard InChI is InChI=1S/C28H37BrN4O4/c1-8-32(9-2)26(35)17-13-19-18-11-10-12-21-23(18)20(14-22(19)31(7)15-17)24(29)33(21)25(34)16(3)30-27(36)37-28(4,5)6/h10-13,16-17,22H,8-9,14-15H2,1-7H3,(H,30,36)/t16-,17-,22-/m1/s1. The minimum absolute atomic E-state index is 0.110. The van der Waals surface area contributed by atoms with Crippen LogP contribution >= 0.6 is 15.9 Å². The van der Waals surface area contributed by atoms with Crippen LogP contribution in [0.15, 0.2) is 28.9 Å². The second kappa shape index (κ2) is 10.3. The average molecular weight is 574 g/mol. The molecule has 9 heteroatoms. The van der Waals surface area contributed by atoms with Gasteiger partial charge in [0.2, 0.25) is 5.91 Å². The number of carbonyl (C=O) groups excluding carboxylic acids is 3. The van der Waals surface area contributed by atoms with E-state index < -0.39 is 17.7 Å². The Labute approximate surface area is 227 Å². The smallest absolute Gasteiger partial charge is 0.408 e. The maximum atomic E-state index is 13.6. The minimum Gasteiger partial charge on any atom is -0.444 e. The topological polar surface area (TPSA) is 83.9 Å². The van der Waals surface area contributed by atoms with Crippen LogP contribution in [0.2, 0.25) is 0 Å². The number of alkyl carbamates (subject to hydrolysis) is 1. The number of carbonyl (C=O) groups is 3. The molecule has 2 amide bonds. The van der Waals surface area contributed by atoms with E-state index in [9.17, 15) is 14.4 Å². The van der Waals surface area contributed by atoms with E-state index in [0.717, 1.165) is 34.0 Å². The summed E-state index contributed by atoms with van der Waals surface area (Å²) in [5.41, 5.74) is 3.36. The molecule has 0 saturated heterocycles.